The van der Waals surface area contributed by atoms with Crippen LogP contribution in [0.3, 0.4) is 0 Å². The molecule has 0 aliphatic carbocycles. The van der Waals surface area contributed by atoms with Crippen molar-refractivity contribution in [2.45, 2.75) is 32.6 Å². The van der Waals surface area contributed by atoms with Gasteiger partial charge in [0, 0.05) is 29.9 Å². The van der Waals surface area contributed by atoms with Crippen molar-refractivity contribution in [3.8, 4) is 11.3 Å². The lowest BCUT2D eigenvalue weighted by Crippen LogP contribution is -2.33. The summed E-state index contributed by atoms with van der Waals surface area (Å²) >= 11 is 6.40. The molecular weight excluding hydrogens is 400 g/mol. The van der Waals surface area contributed by atoms with Crippen LogP contribution in [0.2, 0.25) is 5.02 Å². The SMILES string of the molecule is CCN1CCC(c2ccc3nc(-c4cc(Cl)c5nc(C)cn5c4)cc(=O)n3n2)CC1. The van der Waals surface area contributed by atoms with Crippen molar-refractivity contribution in [2.24, 2.45) is 0 Å². The fraction of sp³-hybridized carbons (Fsp3) is 0.364. The molecule has 0 unspecified atom stereocenters. The van der Waals surface area contributed by atoms with Crippen LogP contribution in [0, 0.1) is 6.92 Å². The summed E-state index contributed by atoms with van der Waals surface area (Å²) in [5.41, 5.74) is 4.21. The predicted molar refractivity (Wildman–Crippen MR) is 117 cm³/mol. The van der Waals surface area contributed by atoms with Crippen molar-refractivity contribution in [1.29, 1.82) is 0 Å². The lowest BCUT2D eigenvalue weighted by molar-refractivity contribution is 0.220. The number of pyridine rings is 1. The van der Waals surface area contributed by atoms with Gasteiger partial charge in [-0.3, -0.25) is 4.79 Å². The summed E-state index contributed by atoms with van der Waals surface area (Å²) in [4.78, 5) is 24.4. The Kier molecular flexibility index (Phi) is 4.79. The maximum Gasteiger partial charge on any atom is 0.275 e. The third-order valence-corrected chi connectivity index (χ3v) is 6.19. The molecule has 8 heteroatoms. The average molecular weight is 423 g/mol. The third-order valence-electron chi connectivity index (χ3n) is 5.92. The number of nitrogens with zero attached hydrogens (tertiary/aromatic N) is 6. The first-order valence-electron chi connectivity index (χ1n) is 10.3. The summed E-state index contributed by atoms with van der Waals surface area (Å²) in [6.07, 6.45) is 5.92. The highest BCUT2D eigenvalue weighted by atomic mass is 35.5. The van der Waals surface area contributed by atoms with E-state index >= 15 is 0 Å². The van der Waals surface area contributed by atoms with Crippen LogP contribution < -0.4 is 5.56 Å². The molecule has 5 heterocycles. The van der Waals surface area contributed by atoms with Gasteiger partial charge < -0.3 is 9.30 Å². The largest absolute Gasteiger partial charge is 0.305 e. The second-order valence-corrected chi connectivity index (χ2v) is 8.31. The van der Waals surface area contributed by atoms with Gasteiger partial charge in [-0.1, -0.05) is 18.5 Å². The Hall–Kier alpha value is -2.77. The van der Waals surface area contributed by atoms with E-state index in [2.05, 4.69) is 26.9 Å². The number of imidazole rings is 1. The standard InChI is InChI=1S/C22H23ClN6O/c1-3-27-8-6-15(7-9-27)18-4-5-20-25-19(11-21(30)29(20)26-18)16-10-17(23)22-24-14(2)12-28(22)13-16/h4-5,10-13,15H,3,6-9H2,1-2H3. The fourth-order valence-electron chi connectivity index (χ4n) is 4.24. The lowest BCUT2D eigenvalue weighted by Gasteiger charge is -2.30. The van der Waals surface area contributed by atoms with Gasteiger partial charge in [0.25, 0.3) is 5.56 Å². The molecule has 1 aliphatic rings. The van der Waals surface area contributed by atoms with Crippen LogP contribution in [0.5, 0.6) is 0 Å². The average Bonchev–Trinajstić information content (AvgIpc) is 3.14. The van der Waals surface area contributed by atoms with E-state index in [0.717, 1.165) is 49.4 Å². The summed E-state index contributed by atoms with van der Waals surface area (Å²) < 4.78 is 3.27. The number of fused-ring (bicyclic) bond motifs is 2. The van der Waals surface area contributed by atoms with Crippen LogP contribution in [0.15, 0.2) is 41.5 Å². The third kappa shape index (κ3) is 3.38. The summed E-state index contributed by atoms with van der Waals surface area (Å²) in [7, 11) is 0. The maximum atomic E-state index is 12.9. The molecule has 0 radical (unpaired) electrons. The molecule has 154 valence electrons. The minimum Gasteiger partial charge on any atom is -0.305 e. The number of hydrogen-bond donors (Lipinski definition) is 0. The topological polar surface area (TPSA) is 67.8 Å². The first-order chi connectivity index (χ1) is 14.5. The number of likely N-dealkylation sites (tertiary alicyclic amines) is 1. The fourth-order valence-corrected chi connectivity index (χ4v) is 4.50. The Bertz CT molecular complexity index is 1300. The molecule has 0 saturated carbocycles. The van der Waals surface area contributed by atoms with E-state index in [1.807, 2.05) is 35.9 Å². The van der Waals surface area contributed by atoms with Gasteiger partial charge in [-0.25, -0.2) is 9.97 Å². The van der Waals surface area contributed by atoms with E-state index in [0.29, 0.717) is 27.9 Å². The highest BCUT2D eigenvalue weighted by Gasteiger charge is 2.21. The van der Waals surface area contributed by atoms with Crippen molar-refractivity contribution in [1.82, 2.24) is 28.9 Å². The van der Waals surface area contributed by atoms with E-state index < -0.39 is 0 Å². The van der Waals surface area contributed by atoms with Gasteiger partial charge in [-0.2, -0.15) is 9.61 Å². The minimum atomic E-state index is -0.194. The number of aryl methyl sites for hydroxylation is 1. The smallest absolute Gasteiger partial charge is 0.275 e. The van der Waals surface area contributed by atoms with Gasteiger partial charge >= 0.3 is 0 Å². The van der Waals surface area contributed by atoms with Crippen LogP contribution in [-0.2, 0) is 0 Å². The van der Waals surface area contributed by atoms with Gasteiger partial charge in [0.1, 0.15) is 0 Å². The highest BCUT2D eigenvalue weighted by Crippen LogP contribution is 2.27. The zero-order valence-electron chi connectivity index (χ0n) is 17.0. The predicted octanol–water partition coefficient (Wildman–Crippen LogP) is 3.57. The molecule has 0 N–H and O–H groups in total. The molecule has 4 aromatic heterocycles. The molecule has 0 amide bonds. The molecule has 0 bridgehead atoms. The normalized spacial score (nSPS) is 16.0. The molecular formula is C22H23ClN6O. The zero-order valence-corrected chi connectivity index (χ0v) is 17.8. The summed E-state index contributed by atoms with van der Waals surface area (Å²) in [5, 5.41) is 5.16. The molecule has 1 aliphatic heterocycles. The second kappa shape index (κ2) is 7.49. The number of halogens is 1. The highest BCUT2D eigenvalue weighted by molar-refractivity contribution is 6.33. The maximum absolute atomic E-state index is 12.9. The summed E-state index contributed by atoms with van der Waals surface area (Å²) in [5.74, 6) is 0.384. The van der Waals surface area contributed by atoms with Crippen molar-refractivity contribution in [3.63, 3.8) is 0 Å². The first-order valence-corrected chi connectivity index (χ1v) is 10.7. The monoisotopic (exact) mass is 422 g/mol. The van der Waals surface area contributed by atoms with Crippen molar-refractivity contribution < 1.29 is 0 Å². The van der Waals surface area contributed by atoms with Gasteiger partial charge in [0.2, 0.25) is 0 Å². The van der Waals surface area contributed by atoms with Gasteiger partial charge in [0.15, 0.2) is 11.3 Å². The quantitative estimate of drug-likeness (QED) is 0.505. The molecule has 5 rings (SSSR count). The van der Waals surface area contributed by atoms with Gasteiger partial charge in [-0.05, 0) is 57.6 Å². The van der Waals surface area contributed by atoms with Crippen molar-refractivity contribution in [3.05, 3.63) is 63.4 Å². The number of aromatic nitrogens is 5. The molecule has 30 heavy (non-hydrogen) atoms. The zero-order chi connectivity index (χ0) is 20.8. The second-order valence-electron chi connectivity index (χ2n) is 7.91. The van der Waals surface area contributed by atoms with Gasteiger partial charge in [0.05, 0.1) is 22.1 Å². The van der Waals surface area contributed by atoms with Crippen molar-refractivity contribution in [2.75, 3.05) is 19.6 Å². The Balaban J connectivity index is 1.53. The minimum absolute atomic E-state index is 0.194. The molecule has 0 aromatic carbocycles. The summed E-state index contributed by atoms with van der Waals surface area (Å²) in [6, 6.07) is 7.21. The number of hydrogen-bond acceptors (Lipinski definition) is 5. The Morgan fingerprint density at radius 2 is 1.93 bits per heavy atom. The number of rotatable bonds is 3. The van der Waals surface area contributed by atoms with E-state index in [1.54, 1.807) is 6.07 Å². The van der Waals surface area contributed by atoms with E-state index in [-0.39, 0.29) is 5.56 Å². The lowest BCUT2D eigenvalue weighted by atomic mass is 9.93. The van der Waals surface area contributed by atoms with Crippen LogP contribution >= 0.6 is 11.6 Å². The van der Waals surface area contributed by atoms with Crippen LogP contribution in [0.1, 0.15) is 37.1 Å². The molecule has 1 saturated heterocycles. The van der Waals surface area contributed by atoms with Crippen LogP contribution in [-0.4, -0.2) is 48.5 Å². The number of piperidine rings is 1. The Morgan fingerprint density at radius 1 is 1.13 bits per heavy atom. The molecule has 7 nitrogen and oxygen atoms in total. The Morgan fingerprint density at radius 3 is 2.70 bits per heavy atom. The van der Waals surface area contributed by atoms with E-state index in [1.165, 1.54) is 10.6 Å². The summed E-state index contributed by atoms with van der Waals surface area (Å²) in [6.45, 7) is 7.33. The molecule has 0 spiro atoms. The van der Waals surface area contributed by atoms with E-state index in [9.17, 15) is 4.79 Å². The molecule has 0 atom stereocenters. The van der Waals surface area contributed by atoms with Crippen molar-refractivity contribution >= 4 is 22.9 Å². The molecule has 4 aromatic rings. The van der Waals surface area contributed by atoms with Crippen LogP contribution in [0.25, 0.3) is 22.6 Å². The first kappa shape index (κ1) is 19.2. The van der Waals surface area contributed by atoms with Gasteiger partial charge in [-0.15, -0.1) is 0 Å². The van der Waals surface area contributed by atoms with Crippen LogP contribution in [0.4, 0.5) is 0 Å². The van der Waals surface area contributed by atoms with E-state index in [4.69, 9.17) is 11.6 Å². The Labute approximate surface area is 179 Å². The molecule has 1 fully saturated rings.